The number of likely N-dealkylation sites (tertiary alicyclic amines) is 1. The molecule has 166 valence electrons. The molecule has 0 radical (unpaired) electrons. The van der Waals surface area contributed by atoms with Crippen LogP contribution in [0.25, 0.3) is 11.1 Å². The van der Waals surface area contributed by atoms with Gasteiger partial charge in [-0.2, -0.15) is 18.3 Å². The predicted octanol–water partition coefficient (Wildman–Crippen LogP) is 4.36. The van der Waals surface area contributed by atoms with E-state index in [1.807, 2.05) is 6.92 Å². The van der Waals surface area contributed by atoms with Crippen molar-refractivity contribution in [1.29, 1.82) is 0 Å². The van der Waals surface area contributed by atoms with Crippen molar-refractivity contribution in [2.75, 3.05) is 13.1 Å². The number of pyridine rings is 1. The molecule has 7 nitrogen and oxygen atoms in total. The summed E-state index contributed by atoms with van der Waals surface area (Å²) in [5, 5.41) is 8.05. The molecule has 3 aromatic heterocycles. The van der Waals surface area contributed by atoms with Crippen molar-refractivity contribution >= 4 is 17.0 Å². The minimum atomic E-state index is -4.55. The lowest BCUT2D eigenvalue weighted by Crippen LogP contribution is -2.40. The number of hydrogen-bond donors (Lipinski definition) is 0. The van der Waals surface area contributed by atoms with E-state index in [1.165, 1.54) is 0 Å². The molecule has 31 heavy (non-hydrogen) atoms. The molecule has 0 saturated carbocycles. The van der Waals surface area contributed by atoms with Gasteiger partial charge in [0.25, 0.3) is 5.71 Å². The minimum Gasteiger partial charge on any atom is -0.342 e. The first kappa shape index (κ1) is 21.3. The number of aromatic nitrogens is 4. The third-order valence-corrected chi connectivity index (χ3v) is 5.80. The Kier molecular flexibility index (Phi) is 5.72. The number of halogens is 3. The molecule has 1 aliphatic heterocycles. The second-order valence-corrected chi connectivity index (χ2v) is 7.98. The van der Waals surface area contributed by atoms with E-state index in [9.17, 15) is 18.0 Å². The Balaban J connectivity index is 1.59. The van der Waals surface area contributed by atoms with Crippen molar-refractivity contribution in [2.45, 2.75) is 57.7 Å². The molecule has 2 unspecified atom stereocenters. The number of nitrogens with zero attached hydrogens (tertiary/aromatic N) is 5. The maximum Gasteiger partial charge on any atom is 0.417 e. The molecule has 0 aromatic carbocycles. The van der Waals surface area contributed by atoms with E-state index in [-0.39, 0.29) is 41.1 Å². The lowest BCUT2D eigenvalue weighted by Gasteiger charge is -2.32. The zero-order valence-electron chi connectivity index (χ0n) is 17.4. The van der Waals surface area contributed by atoms with Crippen LogP contribution in [-0.2, 0) is 17.4 Å². The summed E-state index contributed by atoms with van der Waals surface area (Å²) in [7, 11) is 0. The van der Waals surface area contributed by atoms with Gasteiger partial charge in [-0.3, -0.25) is 9.48 Å². The Bertz CT molecular complexity index is 1060. The fraction of sp³-hybridized carbons (Fsp3) is 0.524. The van der Waals surface area contributed by atoms with Crippen LogP contribution in [0.1, 0.15) is 62.0 Å². The SMILES string of the molecule is CCc1cc(C(F)(F)F)c2c(C3CCCN(C(=O)CC(C)n4cccn4)C3)noc2n1. The van der Waals surface area contributed by atoms with Gasteiger partial charge in [0.2, 0.25) is 5.91 Å². The monoisotopic (exact) mass is 435 g/mol. The second kappa shape index (κ2) is 8.32. The van der Waals surface area contributed by atoms with Crippen molar-refractivity contribution < 1.29 is 22.5 Å². The number of amides is 1. The molecule has 2 atom stereocenters. The highest BCUT2D eigenvalue weighted by molar-refractivity contribution is 5.82. The van der Waals surface area contributed by atoms with Crippen LogP contribution in [0.3, 0.4) is 0 Å². The third kappa shape index (κ3) is 4.28. The number of aryl methyl sites for hydroxylation is 1. The first-order valence-electron chi connectivity index (χ1n) is 10.4. The summed E-state index contributed by atoms with van der Waals surface area (Å²) in [6.45, 7) is 4.52. The number of piperidine rings is 1. The third-order valence-electron chi connectivity index (χ3n) is 5.80. The fourth-order valence-electron chi connectivity index (χ4n) is 4.15. The summed E-state index contributed by atoms with van der Waals surface area (Å²) < 4.78 is 48.2. The number of carbonyl (C=O) groups is 1. The standard InChI is InChI=1S/C21H24F3N5O2/c1-3-15-11-16(21(22,23)24)18-19(27-31-20(18)26-15)14-6-4-8-28(12-14)17(30)10-13(2)29-9-5-7-25-29/h5,7,9,11,13-14H,3-4,6,8,10,12H2,1-2H3. The maximum absolute atomic E-state index is 13.8. The average molecular weight is 435 g/mol. The van der Waals surface area contributed by atoms with Gasteiger partial charge >= 0.3 is 6.18 Å². The molecule has 0 aliphatic carbocycles. The molecule has 0 bridgehead atoms. The number of fused-ring (bicyclic) bond motifs is 1. The summed E-state index contributed by atoms with van der Waals surface area (Å²) >= 11 is 0. The number of rotatable bonds is 5. The highest BCUT2D eigenvalue weighted by Gasteiger charge is 2.38. The van der Waals surface area contributed by atoms with E-state index >= 15 is 0 Å². The molecular weight excluding hydrogens is 411 g/mol. The lowest BCUT2D eigenvalue weighted by molar-refractivity contribution is -0.136. The van der Waals surface area contributed by atoms with Gasteiger partial charge in [0.05, 0.1) is 22.7 Å². The van der Waals surface area contributed by atoms with Gasteiger partial charge < -0.3 is 9.42 Å². The maximum atomic E-state index is 13.8. The molecular formula is C21H24F3N5O2. The Hall–Kier alpha value is -2.91. The summed E-state index contributed by atoms with van der Waals surface area (Å²) in [4.78, 5) is 18.7. The Morgan fingerprint density at radius 1 is 1.39 bits per heavy atom. The minimum absolute atomic E-state index is 0.0528. The van der Waals surface area contributed by atoms with Crippen molar-refractivity contribution in [3.8, 4) is 0 Å². The molecule has 3 aromatic rings. The topological polar surface area (TPSA) is 77.0 Å². The van der Waals surface area contributed by atoms with E-state index < -0.39 is 11.7 Å². The van der Waals surface area contributed by atoms with Crippen molar-refractivity contribution in [1.82, 2.24) is 24.8 Å². The molecule has 4 heterocycles. The number of hydrogen-bond acceptors (Lipinski definition) is 5. The predicted molar refractivity (Wildman–Crippen MR) is 106 cm³/mol. The molecule has 4 rings (SSSR count). The van der Waals surface area contributed by atoms with Gasteiger partial charge in [-0.05, 0) is 38.3 Å². The van der Waals surface area contributed by atoms with Crippen LogP contribution in [0.15, 0.2) is 29.0 Å². The Morgan fingerprint density at radius 3 is 2.87 bits per heavy atom. The van der Waals surface area contributed by atoms with Crippen LogP contribution in [0, 0.1) is 0 Å². The van der Waals surface area contributed by atoms with E-state index in [4.69, 9.17) is 4.52 Å². The second-order valence-electron chi connectivity index (χ2n) is 7.98. The highest BCUT2D eigenvalue weighted by Crippen LogP contribution is 2.40. The summed E-state index contributed by atoms with van der Waals surface area (Å²) in [6.07, 6.45) is 0.849. The molecule has 1 fully saturated rings. The fourth-order valence-corrected chi connectivity index (χ4v) is 4.15. The lowest BCUT2D eigenvalue weighted by atomic mass is 9.91. The molecule has 0 N–H and O–H groups in total. The van der Waals surface area contributed by atoms with Gasteiger partial charge in [0.15, 0.2) is 0 Å². The van der Waals surface area contributed by atoms with E-state index in [1.54, 1.807) is 35.0 Å². The van der Waals surface area contributed by atoms with Gasteiger partial charge in [-0.1, -0.05) is 12.1 Å². The summed E-state index contributed by atoms with van der Waals surface area (Å²) in [6, 6.07) is 2.76. The quantitative estimate of drug-likeness (QED) is 0.595. The van der Waals surface area contributed by atoms with Crippen LogP contribution in [-0.4, -0.2) is 43.8 Å². The van der Waals surface area contributed by atoms with Gasteiger partial charge in [-0.25, -0.2) is 4.98 Å². The van der Waals surface area contributed by atoms with Crippen molar-refractivity contribution in [2.24, 2.45) is 0 Å². The van der Waals surface area contributed by atoms with Crippen molar-refractivity contribution in [3.05, 3.63) is 41.5 Å². The number of alkyl halides is 3. The molecule has 1 aliphatic rings. The van der Waals surface area contributed by atoms with Crippen LogP contribution in [0.5, 0.6) is 0 Å². The van der Waals surface area contributed by atoms with Crippen LogP contribution >= 0.6 is 0 Å². The van der Waals surface area contributed by atoms with Crippen LogP contribution in [0.4, 0.5) is 13.2 Å². The molecule has 1 amide bonds. The summed E-state index contributed by atoms with van der Waals surface area (Å²) in [5.74, 6) is -0.391. The average Bonchev–Trinajstić information content (AvgIpc) is 3.42. The Morgan fingerprint density at radius 2 is 2.19 bits per heavy atom. The molecule has 1 saturated heterocycles. The van der Waals surface area contributed by atoms with Gasteiger partial charge in [0, 0.05) is 43.5 Å². The largest absolute Gasteiger partial charge is 0.417 e. The van der Waals surface area contributed by atoms with E-state index in [0.29, 0.717) is 38.0 Å². The summed E-state index contributed by atoms with van der Waals surface area (Å²) in [5.41, 5.74) is -0.343. The normalized spacial score (nSPS) is 18.5. The zero-order chi connectivity index (χ0) is 22.2. The first-order valence-corrected chi connectivity index (χ1v) is 10.4. The Labute approximate surface area is 177 Å². The van der Waals surface area contributed by atoms with Gasteiger partial charge in [0.1, 0.15) is 0 Å². The zero-order valence-corrected chi connectivity index (χ0v) is 17.4. The van der Waals surface area contributed by atoms with Gasteiger partial charge in [-0.15, -0.1) is 0 Å². The van der Waals surface area contributed by atoms with E-state index in [0.717, 1.165) is 6.07 Å². The van der Waals surface area contributed by atoms with Crippen molar-refractivity contribution in [3.63, 3.8) is 0 Å². The molecule has 10 heteroatoms. The van der Waals surface area contributed by atoms with Crippen LogP contribution < -0.4 is 0 Å². The first-order chi connectivity index (χ1) is 14.8. The smallest absolute Gasteiger partial charge is 0.342 e. The number of carbonyl (C=O) groups excluding carboxylic acids is 1. The molecule has 0 spiro atoms. The van der Waals surface area contributed by atoms with E-state index in [2.05, 4.69) is 15.2 Å². The highest BCUT2D eigenvalue weighted by atomic mass is 19.4. The van der Waals surface area contributed by atoms with Crippen LogP contribution in [0.2, 0.25) is 0 Å².